The summed E-state index contributed by atoms with van der Waals surface area (Å²) in [5, 5.41) is 2.86. The summed E-state index contributed by atoms with van der Waals surface area (Å²) < 4.78 is 31.8. The third kappa shape index (κ3) is 3.24. The van der Waals surface area contributed by atoms with Crippen LogP contribution in [0.2, 0.25) is 0 Å². The van der Waals surface area contributed by atoms with Crippen LogP contribution in [0.25, 0.3) is 0 Å². The van der Waals surface area contributed by atoms with Crippen LogP contribution in [0, 0.1) is 11.6 Å². The van der Waals surface area contributed by atoms with Crippen molar-refractivity contribution in [2.45, 2.75) is 31.2 Å². The largest absolute Gasteiger partial charge is 0.452 e. The van der Waals surface area contributed by atoms with Crippen molar-refractivity contribution < 1.29 is 27.9 Å². The van der Waals surface area contributed by atoms with Gasteiger partial charge in [0.05, 0.1) is 16.9 Å². The SMILES string of the molecule is O=C(OCC(=O)N1c2ccccc2NC(=O)C12CCCC2)c1ccc(F)cc1F. The Morgan fingerprint density at radius 2 is 1.83 bits per heavy atom. The summed E-state index contributed by atoms with van der Waals surface area (Å²) in [5.74, 6) is -3.82. The third-order valence-electron chi connectivity index (χ3n) is 5.40. The molecular weight excluding hydrogens is 382 g/mol. The molecule has 0 radical (unpaired) electrons. The van der Waals surface area contributed by atoms with E-state index in [1.165, 1.54) is 4.90 Å². The van der Waals surface area contributed by atoms with E-state index in [0.717, 1.165) is 25.0 Å². The number of benzene rings is 2. The van der Waals surface area contributed by atoms with Crippen molar-refractivity contribution in [1.29, 1.82) is 0 Å². The highest BCUT2D eigenvalue weighted by Crippen LogP contribution is 2.45. The molecule has 2 aromatic carbocycles. The van der Waals surface area contributed by atoms with Gasteiger partial charge in [0, 0.05) is 6.07 Å². The summed E-state index contributed by atoms with van der Waals surface area (Å²) in [5.41, 5.74) is -0.465. The Morgan fingerprint density at radius 1 is 1.10 bits per heavy atom. The highest BCUT2D eigenvalue weighted by molar-refractivity contribution is 6.15. The average molecular weight is 400 g/mol. The van der Waals surface area contributed by atoms with Crippen LogP contribution in [0.4, 0.5) is 20.2 Å². The number of hydrogen-bond acceptors (Lipinski definition) is 4. The molecule has 0 atom stereocenters. The lowest BCUT2D eigenvalue weighted by atomic mass is 9.90. The van der Waals surface area contributed by atoms with Crippen LogP contribution in [-0.2, 0) is 14.3 Å². The Hall–Kier alpha value is -3.29. The number of amides is 2. The molecule has 0 bridgehead atoms. The number of para-hydroxylation sites is 2. The minimum atomic E-state index is -1.08. The lowest BCUT2D eigenvalue weighted by molar-refractivity contribution is -0.129. The van der Waals surface area contributed by atoms with Gasteiger partial charge in [0.2, 0.25) is 0 Å². The fourth-order valence-corrected chi connectivity index (χ4v) is 4.05. The number of carbonyl (C=O) groups is 3. The van der Waals surface area contributed by atoms with Crippen LogP contribution in [-0.4, -0.2) is 29.9 Å². The lowest BCUT2D eigenvalue weighted by Gasteiger charge is -2.44. The van der Waals surface area contributed by atoms with E-state index >= 15 is 0 Å². The first-order valence-electron chi connectivity index (χ1n) is 9.28. The Bertz CT molecular complexity index is 1000. The molecular formula is C21H18F2N2O4. The molecule has 0 unspecified atom stereocenters. The van der Waals surface area contributed by atoms with Crippen molar-refractivity contribution in [1.82, 2.24) is 0 Å². The van der Waals surface area contributed by atoms with Crippen LogP contribution in [0.3, 0.4) is 0 Å². The van der Waals surface area contributed by atoms with Gasteiger partial charge in [-0.2, -0.15) is 0 Å². The predicted octanol–water partition coefficient (Wildman–Crippen LogP) is 3.42. The Morgan fingerprint density at radius 3 is 2.55 bits per heavy atom. The summed E-state index contributed by atoms with van der Waals surface area (Å²) in [6.45, 7) is -0.668. The van der Waals surface area contributed by atoms with Gasteiger partial charge in [0.15, 0.2) is 6.61 Å². The Labute approximate surface area is 165 Å². The molecule has 4 rings (SSSR count). The van der Waals surface area contributed by atoms with Crippen LogP contribution in [0.15, 0.2) is 42.5 Å². The zero-order valence-electron chi connectivity index (χ0n) is 15.4. The molecule has 1 N–H and O–H groups in total. The van der Waals surface area contributed by atoms with Crippen LogP contribution in [0.5, 0.6) is 0 Å². The molecule has 1 fully saturated rings. The number of anilines is 2. The van der Waals surface area contributed by atoms with Gasteiger partial charge in [-0.15, -0.1) is 0 Å². The van der Waals surface area contributed by atoms with Crippen LogP contribution >= 0.6 is 0 Å². The van der Waals surface area contributed by atoms with E-state index in [2.05, 4.69) is 5.32 Å². The van der Waals surface area contributed by atoms with Crippen molar-refractivity contribution in [3.63, 3.8) is 0 Å². The summed E-state index contributed by atoms with van der Waals surface area (Å²) in [7, 11) is 0. The van der Waals surface area contributed by atoms with Crippen molar-refractivity contribution in [3.05, 3.63) is 59.7 Å². The summed E-state index contributed by atoms with van der Waals surface area (Å²) >= 11 is 0. The molecule has 1 heterocycles. The number of nitrogens with one attached hydrogen (secondary N) is 1. The first kappa shape index (κ1) is 19.0. The van der Waals surface area contributed by atoms with E-state index in [1.807, 2.05) is 0 Å². The van der Waals surface area contributed by atoms with Crippen LogP contribution < -0.4 is 10.2 Å². The quantitative estimate of drug-likeness (QED) is 0.801. The van der Waals surface area contributed by atoms with E-state index in [1.54, 1.807) is 24.3 Å². The molecule has 0 aromatic heterocycles. The molecule has 1 spiro atoms. The van der Waals surface area contributed by atoms with E-state index in [4.69, 9.17) is 4.74 Å². The Kier molecular flexibility index (Phi) is 4.77. The number of rotatable bonds is 3. The molecule has 2 aromatic rings. The van der Waals surface area contributed by atoms with E-state index < -0.39 is 41.2 Å². The molecule has 2 aliphatic rings. The first-order chi connectivity index (χ1) is 13.9. The maximum Gasteiger partial charge on any atom is 0.341 e. The van der Waals surface area contributed by atoms with Crippen molar-refractivity contribution in [2.24, 2.45) is 0 Å². The van der Waals surface area contributed by atoms with Gasteiger partial charge < -0.3 is 10.1 Å². The number of ether oxygens (including phenoxy) is 1. The smallest absolute Gasteiger partial charge is 0.341 e. The zero-order chi connectivity index (χ0) is 20.6. The molecule has 1 aliphatic heterocycles. The van der Waals surface area contributed by atoms with Crippen molar-refractivity contribution in [3.8, 4) is 0 Å². The van der Waals surface area contributed by atoms with Gasteiger partial charge >= 0.3 is 5.97 Å². The van der Waals surface area contributed by atoms with Gasteiger partial charge in [0.25, 0.3) is 11.8 Å². The maximum atomic E-state index is 13.8. The van der Waals surface area contributed by atoms with Crippen molar-refractivity contribution >= 4 is 29.2 Å². The molecule has 29 heavy (non-hydrogen) atoms. The second kappa shape index (κ2) is 7.27. The molecule has 8 heteroatoms. The standard InChI is InChI=1S/C21H18F2N2O4/c22-13-7-8-14(15(23)11-13)19(27)29-12-18(26)25-17-6-2-1-5-16(17)24-20(28)21(25)9-3-4-10-21/h1-2,5-8,11H,3-4,9-10,12H2,(H,24,28). The minimum Gasteiger partial charge on any atom is -0.452 e. The minimum absolute atomic E-state index is 0.266. The number of carbonyl (C=O) groups excluding carboxylic acids is 3. The first-order valence-corrected chi connectivity index (χ1v) is 9.28. The summed E-state index contributed by atoms with van der Waals surface area (Å²) in [4.78, 5) is 39.4. The zero-order valence-corrected chi connectivity index (χ0v) is 15.4. The molecule has 6 nitrogen and oxygen atoms in total. The van der Waals surface area contributed by atoms with Gasteiger partial charge in [-0.25, -0.2) is 13.6 Å². The summed E-state index contributed by atoms with van der Waals surface area (Å²) in [6, 6.07) is 9.35. The van der Waals surface area contributed by atoms with E-state index in [-0.39, 0.29) is 5.91 Å². The predicted molar refractivity (Wildman–Crippen MR) is 100 cm³/mol. The molecule has 150 valence electrons. The molecule has 2 amide bonds. The fourth-order valence-electron chi connectivity index (χ4n) is 4.05. The second-order valence-electron chi connectivity index (χ2n) is 7.14. The third-order valence-corrected chi connectivity index (χ3v) is 5.40. The van der Waals surface area contributed by atoms with Gasteiger partial charge in [-0.05, 0) is 37.1 Å². The van der Waals surface area contributed by atoms with E-state index in [0.29, 0.717) is 30.3 Å². The topological polar surface area (TPSA) is 75.7 Å². The van der Waals surface area contributed by atoms with Gasteiger partial charge in [0.1, 0.15) is 17.2 Å². The number of halogens is 2. The highest BCUT2D eigenvalue weighted by Gasteiger charge is 2.52. The maximum absolute atomic E-state index is 13.8. The normalized spacial score (nSPS) is 17.0. The number of nitrogens with zero attached hydrogens (tertiary/aromatic N) is 1. The monoisotopic (exact) mass is 400 g/mol. The van der Waals surface area contributed by atoms with Crippen LogP contribution in [0.1, 0.15) is 36.0 Å². The summed E-state index contributed by atoms with van der Waals surface area (Å²) in [6.07, 6.45) is 2.58. The van der Waals surface area contributed by atoms with E-state index in [9.17, 15) is 23.2 Å². The average Bonchev–Trinajstić information content (AvgIpc) is 3.17. The second-order valence-corrected chi connectivity index (χ2v) is 7.14. The number of esters is 1. The number of fused-ring (bicyclic) bond motifs is 1. The molecule has 1 aliphatic carbocycles. The van der Waals surface area contributed by atoms with Gasteiger partial charge in [-0.3, -0.25) is 14.5 Å². The number of hydrogen-bond donors (Lipinski definition) is 1. The highest BCUT2D eigenvalue weighted by atomic mass is 19.1. The Balaban J connectivity index is 1.59. The lowest BCUT2D eigenvalue weighted by Crippen LogP contribution is -2.61. The van der Waals surface area contributed by atoms with Gasteiger partial charge in [-0.1, -0.05) is 25.0 Å². The molecule has 1 saturated carbocycles. The fraction of sp³-hybridized carbons (Fsp3) is 0.286. The molecule has 0 saturated heterocycles. The van der Waals surface area contributed by atoms with Crippen molar-refractivity contribution in [2.75, 3.05) is 16.8 Å².